The molecule has 184 valence electrons. The van der Waals surface area contributed by atoms with Gasteiger partial charge in [-0.1, -0.05) is 0 Å². The molecule has 0 aliphatic carbocycles. The first-order valence-corrected chi connectivity index (χ1v) is 13.4. The fraction of sp³-hybridized carbons (Fsp3) is 0.474. The average Bonchev–Trinajstić information content (AvgIpc) is 3.36. The number of H-pyrrole nitrogens is 1. The second kappa shape index (κ2) is 9.29. The normalized spacial score (nSPS) is 16.0. The Bertz CT molecular complexity index is 1430. The average molecular weight is 511 g/mol. The van der Waals surface area contributed by atoms with E-state index in [9.17, 15) is 22.1 Å². The molecule has 0 spiro atoms. The first kappa shape index (κ1) is 25.6. The quantitative estimate of drug-likeness (QED) is 0.401. The zero-order valence-electron chi connectivity index (χ0n) is 18.9. The van der Waals surface area contributed by atoms with Crippen LogP contribution in [0.1, 0.15) is 27.2 Å². The first-order chi connectivity index (χ1) is 15.8. The molecule has 15 heteroatoms. The van der Waals surface area contributed by atoms with Gasteiger partial charge in [0.2, 0.25) is 10.0 Å². The predicted octanol–water partition coefficient (Wildman–Crippen LogP) is 0.960. The summed E-state index contributed by atoms with van der Waals surface area (Å²) in [6, 6.07) is 4.00. The van der Waals surface area contributed by atoms with Gasteiger partial charge in [-0.3, -0.25) is 9.23 Å². The summed E-state index contributed by atoms with van der Waals surface area (Å²) in [6.07, 6.45) is 5.07. The van der Waals surface area contributed by atoms with Crippen molar-refractivity contribution in [1.82, 2.24) is 29.0 Å². The Hall–Kier alpha value is -3.06. The van der Waals surface area contributed by atoms with Gasteiger partial charge >= 0.3 is 0 Å². The molecule has 1 aliphatic rings. The molecule has 0 aromatic carbocycles. The first-order valence-electron chi connectivity index (χ1n) is 10.3. The minimum absolute atomic E-state index is 0.126. The highest BCUT2D eigenvalue weighted by Gasteiger charge is 2.51. The van der Waals surface area contributed by atoms with Crippen molar-refractivity contribution in [3.05, 3.63) is 24.8 Å². The van der Waals surface area contributed by atoms with Crippen LogP contribution in [0.25, 0.3) is 22.3 Å². The summed E-state index contributed by atoms with van der Waals surface area (Å²) in [6.45, 7) is 5.02. The van der Waals surface area contributed by atoms with E-state index in [2.05, 4.69) is 26.1 Å². The number of anilines is 1. The van der Waals surface area contributed by atoms with Crippen molar-refractivity contribution < 1.29 is 21.4 Å². The third-order valence-corrected chi connectivity index (χ3v) is 8.41. The van der Waals surface area contributed by atoms with Gasteiger partial charge in [0.25, 0.3) is 10.1 Å². The van der Waals surface area contributed by atoms with Crippen LogP contribution in [0.15, 0.2) is 24.8 Å². The number of rotatable bonds is 6. The number of sulfonamides is 1. The van der Waals surface area contributed by atoms with E-state index in [0.29, 0.717) is 16.9 Å². The highest BCUT2D eigenvalue weighted by molar-refractivity contribution is 7.89. The van der Waals surface area contributed by atoms with Crippen LogP contribution in [-0.4, -0.2) is 74.5 Å². The van der Waals surface area contributed by atoms with Gasteiger partial charge in [-0.2, -0.15) is 23.1 Å². The van der Waals surface area contributed by atoms with E-state index < -0.39 is 30.9 Å². The number of nitrogen functional groups attached to an aromatic ring is 1. The molecular formula is C19H26N8O5S2. The van der Waals surface area contributed by atoms with Crippen molar-refractivity contribution in [2.45, 2.75) is 38.0 Å². The van der Waals surface area contributed by atoms with E-state index in [1.54, 1.807) is 30.9 Å². The largest absolute Gasteiger partial charge is 0.382 e. The monoisotopic (exact) mass is 510 g/mol. The smallest absolute Gasteiger partial charge is 0.264 e. The minimum Gasteiger partial charge on any atom is -0.382 e. The maximum atomic E-state index is 12.4. The number of nitriles is 1. The van der Waals surface area contributed by atoms with Gasteiger partial charge in [0, 0.05) is 30.9 Å². The number of hydrogen-bond donors (Lipinski definition) is 3. The zero-order chi connectivity index (χ0) is 25.3. The minimum atomic E-state index is -3.66. The summed E-state index contributed by atoms with van der Waals surface area (Å²) in [5, 5.41) is 14.0. The Kier molecular flexibility index (Phi) is 6.99. The molecule has 0 bridgehead atoms. The van der Waals surface area contributed by atoms with E-state index in [1.807, 2.05) is 6.07 Å². The molecular weight excluding hydrogens is 484 g/mol. The number of aromatic amines is 1. The molecule has 0 saturated carbocycles. The molecule has 0 atom stereocenters. The van der Waals surface area contributed by atoms with Gasteiger partial charge in [0.1, 0.15) is 17.5 Å². The lowest BCUT2D eigenvalue weighted by Gasteiger charge is -2.48. The highest BCUT2D eigenvalue weighted by atomic mass is 32.2. The Balaban J connectivity index is 0.000000481. The lowest BCUT2D eigenvalue weighted by molar-refractivity contribution is 0.0714. The van der Waals surface area contributed by atoms with Crippen LogP contribution in [0.5, 0.6) is 0 Å². The van der Waals surface area contributed by atoms with Crippen LogP contribution in [0.3, 0.4) is 0 Å². The molecule has 1 aliphatic heterocycles. The number of aromatic nitrogens is 5. The predicted molar refractivity (Wildman–Crippen MR) is 125 cm³/mol. The summed E-state index contributed by atoms with van der Waals surface area (Å²) in [7, 11) is -7.05. The molecule has 4 heterocycles. The van der Waals surface area contributed by atoms with Crippen LogP contribution >= 0.6 is 0 Å². The second-order valence-electron chi connectivity index (χ2n) is 8.13. The molecule has 13 nitrogen and oxygen atoms in total. The molecule has 0 unspecified atom stereocenters. The van der Waals surface area contributed by atoms with Crippen molar-refractivity contribution in [1.29, 1.82) is 5.26 Å². The third-order valence-electron chi connectivity index (χ3n) is 5.51. The van der Waals surface area contributed by atoms with Crippen LogP contribution in [-0.2, 0) is 25.7 Å². The van der Waals surface area contributed by atoms with Gasteiger partial charge in [-0.05, 0) is 26.8 Å². The SMILES string of the molecule is CC(C)S(=O)(=O)N1CC(CC#N)(n2cc(-c3ncnc4[nH]ccc34)c(N)n2)C1.CCS(=O)(=O)O. The van der Waals surface area contributed by atoms with E-state index in [0.717, 1.165) is 5.39 Å². The molecule has 3 aromatic heterocycles. The summed E-state index contributed by atoms with van der Waals surface area (Å²) in [5.41, 5.74) is 7.35. The third kappa shape index (κ3) is 4.89. The molecule has 4 N–H and O–H groups in total. The lowest BCUT2D eigenvalue weighted by Crippen LogP contribution is -2.65. The van der Waals surface area contributed by atoms with E-state index in [1.165, 1.54) is 17.6 Å². The fourth-order valence-electron chi connectivity index (χ4n) is 3.47. The Morgan fingerprint density at radius 3 is 2.50 bits per heavy atom. The number of nitrogens with zero attached hydrogens (tertiary/aromatic N) is 6. The van der Waals surface area contributed by atoms with E-state index >= 15 is 0 Å². The van der Waals surface area contributed by atoms with E-state index in [-0.39, 0.29) is 31.1 Å². The highest BCUT2D eigenvalue weighted by Crippen LogP contribution is 2.38. The van der Waals surface area contributed by atoms with Crippen molar-refractivity contribution in [3.8, 4) is 17.3 Å². The van der Waals surface area contributed by atoms with Gasteiger partial charge in [0.15, 0.2) is 5.82 Å². The Morgan fingerprint density at radius 2 is 1.94 bits per heavy atom. The number of fused-ring (bicyclic) bond motifs is 1. The second-order valence-corrected chi connectivity index (χ2v) is 12.4. The van der Waals surface area contributed by atoms with E-state index in [4.69, 9.17) is 10.3 Å². The molecule has 1 saturated heterocycles. The van der Waals surface area contributed by atoms with Gasteiger partial charge in [0.05, 0.1) is 34.8 Å². The summed E-state index contributed by atoms with van der Waals surface area (Å²) < 4.78 is 54.7. The van der Waals surface area contributed by atoms with Crippen LogP contribution < -0.4 is 5.73 Å². The molecule has 1 fully saturated rings. The van der Waals surface area contributed by atoms with Crippen molar-refractivity contribution in [2.24, 2.45) is 0 Å². The number of nitrogens with one attached hydrogen (secondary N) is 1. The number of nitrogens with two attached hydrogens (primary N) is 1. The summed E-state index contributed by atoms with van der Waals surface area (Å²) in [4.78, 5) is 11.5. The van der Waals surface area contributed by atoms with Gasteiger partial charge in [-0.25, -0.2) is 18.4 Å². The van der Waals surface area contributed by atoms with Crippen LogP contribution in [0.2, 0.25) is 0 Å². The standard InChI is InChI=1S/C17H20N8O2S.C2H6O3S/c1-11(2)28(26,27)24-8-17(9-24,4-5-18)25-7-13(15(19)23-25)14-12-3-6-20-16(12)22-10-21-14;1-2-6(3,4)5/h3,6-7,10-11H,4,8-9H2,1-2H3,(H2,19,23)(H,20,21,22);2H2,1H3,(H,3,4,5). The topological polar surface area (TPSA) is 201 Å². The fourth-order valence-corrected chi connectivity index (χ4v) is 4.91. The van der Waals surface area contributed by atoms with Gasteiger partial charge < -0.3 is 10.7 Å². The number of hydrogen-bond acceptors (Lipinski definition) is 9. The molecule has 3 aromatic rings. The lowest BCUT2D eigenvalue weighted by atomic mass is 9.89. The Morgan fingerprint density at radius 1 is 1.29 bits per heavy atom. The summed E-state index contributed by atoms with van der Waals surface area (Å²) in [5.74, 6) is 0.0659. The molecule has 34 heavy (non-hydrogen) atoms. The molecule has 0 radical (unpaired) electrons. The van der Waals surface area contributed by atoms with Gasteiger partial charge in [-0.15, -0.1) is 0 Å². The zero-order valence-corrected chi connectivity index (χ0v) is 20.5. The van der Waals surface area contributed by atoms with Crippen LogP contribution in [0.4, 0.5) is 5.82 Å². The van der Waals surface area contributed by atoms with Crippen molar-refractivity contribution in [2.75, 3.05) is 24.6 Å². The maximum Gasteiger partial charge on any atom is 0.264 e. The Labute approximate surface area is 197 Å². The maximum absolute atomic E-state index is 12.4. The molecule has 4 rings (SSSR count). The molecule has 0 amide bonds. The van der Waals surface area contributed by atoms with Crippen molar-refractivity contribution >= 4 is 37.0 Å². The van der Waals surface area contributed by atoms with Crippen molar-refractivity contribution in [3.63, 3.8) is 0 Å². The summed E-state index contributed by atoms with van der Waals surface area (Å²) >= 11 is 0. The van der Waals surface area contributed by atoms with Crippen LogP contribution in [0, 0.1) is 11.3 Å².